The summed E-state index contributed by atoms with van der Waals surface area (Å²) in [6.45, 7) is 8.51. The van der Waals surface area contributed by atoms with Crippen molar-refractivity contribution < 1.29 is 13.2 Å². The lowest BCUT2D eigenvalue weighted by atomic mass is 9.87. The Hall–Kier alpha value is -3.54. The van der Waals surface area contributed by atoms with Gasteiger partial charge in [0.2, 0.25) is 0 Å². The molecule has 0 atom stereocenters. The molecular formula is C27H29F3N6. The van der Waals surface area contributed by atoms with E-state index in [0.717, 1.165) is 34.3 Å². The first-order chi connectivity index (χ1) is 17.0. The molecule has 6 nitrogen and oxygen atoms in total. The molecule has 1 aliphatic rings. The highest BCUT2D eigenvalue weighted by molar-refractivity contribution is 5.49. The van der Waals surface area contributed by atoms with Gasteiger partial charge in [-0.2, -0.15) is 18.4 Å². The van der Waals surface area contributed by atoms with Crippen molar-refractivity contribution in [1.82, 2.24) is 19.9 Å². The first kappa shape index (κ1) is 25.5. The molecule has 0 spiro atoms. The maximum Gasteiger partial charge on any atom is 0.419 e. The topological polar surface area (TPSA) is 78.6 Å². The fraction of sp³-hybridized carbons (Fsp3) is 0.444. The van der Waals surface area contributed by atoms with E-state index >= 15 is 0 Å². The summed E-state index contributed by atoms with van der Waals surface area (Å²) in [7, 11) is 0. The average molecular weight is 495 g/mol. The zero-order valence-electron chi connectivity index (χ0n) is 20.9. The number of rotatable bonds is 5. The summed E-state index contributed by atoms with van der Waals surface area (Å²) < 4.78 is 40.9. The number of nitrogens with zero attached hydrogens (tertiary/aromatic N) is 6. The molecular weight excluding hydrogens is 465 g/mol. The van der Waals surface area contributed by atoms with Crippen molar-refractivity contribution in [2.75, 3.05) is 18.0 Å². The summed E-state index contributed by atoms with van der Waals surface area (Å²) in [5, 5.41) is 9.39. The Morgan fingerprint density at radius 3 is 2.44 bits per heavy atom. The zero-order valence-corrected chi connectivity index (χ0v) is 20.9. The highest BCUT2D eigenvalue weighted by atomic mass is 19.4. The van der Waals surface area contributed by atoms with Crippen LogP contribution in [-0.4, -0.2) is 33.0 Å². The number of halogens is 3. The molecule has 3 aromatic heterocycles. The minimum Gasteiger partial charge on any atom is -0.355 e. The quantitative estimate of drug-likeness (QED) is 0.472. The lowest BCUT2D eigenvalue weighted by Crippen LogP contribution is -2.29. The molecule has 0 unspecified atom stereocenters. The van der Waals surface area contributed by atoms with Crippen LogP contribution in [0, 0.1) is 11.3 Å². The number of nitriles is 1. The molecule has 9 heteroatoms. The van der Waals surface area contributed by atoms with Crippen LogP contribution >= 0.6 is 0 Å². The Kier molecular flexibility index (Phi) is 6.98. The van der Waals surface area contributed by atoms with Crippen molar-refractivity contribution in [3.05, 3.63) is 76.3 Å². The van der Waals surface area contributed by atoms with Gasteiger partial charge in [-0.25, -0.2) is 15.0 Å². The number of aromatic nitrogens is 4. The Balaban J connectivity index is 1.66. The van der Waals surface area contributed by atoms with E-state index in [1.54, 1.807) is 11.1 Å². The summed E-state index contributed by atoms with van der Waals surface area (Å²) in [4.78, 5) is 20.0. The van der Waals surface area contributed by atoms with Crippen molar-refractivity contribution in [3.63, 3.8) is 0 Å². The molecule has 4 heterocycles. The van der Waals surface area contributed by atoms with Gasteiger partial charge in [-0.3, -0.25) is 4.98 Å². The summed E-state index contributed by atoms with van der Waals surface area (Å²) in [6, 6.07) is 8.49. The SMILES string of the molecule is CC(C)c1nc2c(c(Cc3ccc(C(C)(C)C#N)cn3)n1)CCN(c1ncccc1C(F)(F)F)CC2. The lowest BCUT2D eigenvalue weighted by molar-refractivity contribution is -0.137. The molecule has 3 aromatic rings. The third-order valence-electron chi connectivity index (χ3n) is 6.53. The van der Waals surface area contributed by atoms with Gasteiger partial charge in [0, 0.05) is 55.6 Å². The summed E-state index contributed by atoms with van der Waals surface area (Å²) in [6.07, 6.45) is 0.139. The predicted octanol–water partition coefficient (Wildman–Crippen LogP) is 5.41. The summed E-state index contributed by atoms with van der Waals surface area (Å²) in [5.41, 5.74) is 2.98. The number of pyridine rings is 2. The maximum absolute atomic E-state index is 13.6. The van der Waals surface area contributed by atoms with Crippen molar-refractivity contribution in [3.8, 4) is 6.07 Å². The third kappa shape index (κ3) is 5.32. The number of anilines is 1. The highest BCUT2D eigenvalue weighted by Gasteiger charge is 2.36. The lowest BCUT2D eigenvalue weighted by Gasteiger charge is -2.24. The Morgan fingerprint density at radius 1 is 1.06 bits per heavy atom. The van der Waals surface area contributed by atoms with Crippen LogP contribution < -0.4 is 4.90 Å². The van der Waals surface area contributed by atoms with Gasteiger partial charge in [0.1, 0.15) is 11.6 Å². The largest absolute Gasteiger partial charge is 0.419 e. The van der Waals surface area contributed by atoms with Gasteiger partial charge in [0.15, 0.2) is 0 Å². The molecule has 0 aromatic carbocycles. The predicted molar refractivity (Wildman–Crippen MR) is 131 cm³/mol. The van der Waals surface area contributed by atoms with Gasteiger partial charge in [-0.05, 0) is 49.6 Å². The van der Waals surface area contributed by atoms with E-state index in [1.807, 2.05) is 39.8 Å². The molecule has 0 bridgehead atoms. The molecule has 4 rings (SSSR count). The molecule has 0 radical (unpaired) electrons. The number of fused-ring (bicyclic) bond motifs is 1. The fourth-order valence-electron chi connectivity index (χ4n) is 4.32. The van der Waals surface area contributed by atoms with E-state index in [1.165, 1.54) is 12.3 Å². The van der Waals surface area contributed by atoms with Crippen LogP contribution in [0.4, 0.5) is 19.0 Å². The van der Waals surface area contributed by atoms with Crippen LogP contribution in [0.2, 0.25) is 0 Å². The Bertz CT molecular complexity index is 1280. The summed E-state index contributed by atoms with van der Waals surface area (Å²) in [5.74, 6) is 0.773. The molecule has 36 heavy (non-hydrogen) atoms. The normalized spacial score (nSPS) is 14.4. The molecule has 0 saturated carbocycles. The first-order valence-electron chi connectivity index (χ1n) is 12.0. The van der Waals surface area contributed by atoms with Crippen molar-refractivity contribution in [2.24, 2.45) is 0 Å². The molecule has 0 N–H and O–H groups in total. The molecule has 188 valence electrons. The molecule has 0 fully saturated rings. The number of alkyl halides is 3. The minimum absolute atomic E-state index is 0.0474. The standard InChI is InChI=1S/C27H29F3N6/c1-17(2)24-34-22-10-13-36(25-21(27(28,29)30)6-5-11-32-25)12-9-20(22)23(35-24)14-19-8-7-18(15-33-19)26(3,4)16-31/h5-8,11,15,17H,9-10,12-14H2,1-4H3. The average Bonchev–Trinajstić information content (AvgIpc) is 3.07. The molecule has 0 saturated heterocycles. The van der Waals surface area contributed by atoms with Crippen LogP contribution in [0.5, 0.6) is 0 Å². The van der Waals surface area contributed by atoms with E-state index < -0.39 is 17.2 Å². The van der Waals surface area contributed by atoms with Crippen LogP contribution in [0.3, 0.4) is 0 Å². The monoisotopic (exact) mass is 494 g/mol. The van der Waals surface area contributed by atoms with E-state index in [-0.39, 0.29) is 11.7 Å². The van der Waals surface area contributed by atoms with Crippen LogP contribution in [0.1, 0.15) is 73.2 Å². The van der Waals surface area contributed by atoms with E-state index in [0.29, 0.717) is 38.2 Å². The van der Waals surface area contributed by atoms with Crippen molar-refractivity contribution in [2.45, 2.75) is 64.5 Å². The second-order valence-corrected chi connectivity index (χ2v) is 9.92. The van der Waals surface area contributed by atoms with Gasteiger partial charge < -0.3 is 4.90 Å². The highest BCUT2D eigenvalue weighted by Crippen LogP contribution is 2.36. The third-order valence-corrected chi connectivity index (χ3v) is 6.53. The number of hydrogen-bond donors (Lipinski definition) is 0. The maximum atomic E-state index is 13.6. The van der Waals surface area contributed by atoms with Gasteiger partial charge >= 0.3 is 6.18 Å². The summed E-state index contributed by atoms with van der Waals surface area (Å²) >= 11 is 0. The van der Waals surface area contributed by atoms with E-state index in [4.69, 9.17) is 9.97 Å². The smallest absolute Gasteiger partial charge is 0.355 e. The second-order valence-electron chi connectivity index (χ2n) is 9.92. The Morgan fingerprint density at radius 2 is 1.81 bits per heavy atom. The fourth-order valence-corrected chi connectivity index (χ4v) is 4.32. The first-order valence-corrected chi connectivity index (χ1v) is 12.0. The van der Waals surface area contributed by atoms with E-state index in [9.17, 15) is 18.4 Å². The van der Waals surface area contributed by atoms with Crippen molar-refractivity contribution in [1.29, 1.82) is 5.26 Å². The minimum atomic E-state index is -4.48. The van der Waals surface area contributed by atoms with Crippen LogP contribution in [0.25, 0.3) is 0 Å². The van der Waals surface area contributed by atoms with Gasteiger partial charge in [0.05, 0.1) is 22.7 Å². The zero-order chi connectivity index (χ0) is 26.1. The Labute approximate surface area is 209 Å². The molecule has 0 amide bonds. The number of hydrogen-bond acceptors (Lipinski definition) is 6. The van der Waals surface area contributed by atoms with Crippen LogP contribution in [-0.2, 0) is 30.9 Å². The molecule has 1 aliphatic heterocycles. The van der Waals surface area contributed by atoms with Crippen LogP contribution in [0.15, 0.2) is 36.7 Å². The van der Waals surface area contributed by atoms with Gasteiger partial charge in [0.25, 0.3) is 0 Å². The van der Waals surface area contributed by atoms with Gasteiger partial charge in [-0.15, -0.1) is 0 Å². The van der Waals surface area contributed by atoms with Crippen molar-refractivity contribution >= 4 is 5.82 Å². The van der Waals surface area contributed by atoms with Gasteiger partial charge in [-0.1, -0.05) is 19.9 Å². The molecule has 0 aliphatic carbocycles. The second kappa shape index (κ2) is 9.84. The van der Waals surface area contributed by atoms with E-state index in [2.05, 4.69) is 16.0 Å².